The van der Waals surface area contributed by atoms with Gasteiger partial charge in [0.2, 0.25) is 0 Å². The Balaban J connectivity index is 2.16. The van der Waals surface area contributed by atoms with E-state index in [1.807, 2.05) is 18.2 Å². The van der Waals surface area contributed by atoms with E-state index in [0.29, 0.717) is 0 Å². The van der Waals surface area contributed by atoms with Crippen LogP contribution in [0.1, 0.15) is 25.0 Å². The number of nitrogens with zero attached hydrogens (tertiary/aromatic N) is 2. The van der Waals surface area contributed by atoms with Gasteiger partial charge in [-0.2, -0.15) is 5.26 Å². The topological polar surface area (TPSA) is 49.8 Å². The maximum atomic E-state index is 9.18. The van der Waals surface area contributed by atoms with E-state index >= 15 is 0 Å². The number of fused-ring (bicyclic) bond motifs is 1. The molecule has 3 rings (SSSR count). The Kier molecular flexibility index (Phi) is 1.60. The van der Waals surface area contributed by atoms with Crippen molar-refractivity contribution in [2.45, 2.75) is 24.7 Å². The zero-order valence-corrected chi connectivity index (χ0v) is 8.23. The van der Waals surface area contributed by atoms with E-state index < -0.39 is 0 Å². The van der Waals surface area contributed by atoms with Crippen LogP contribution in [0.15, 0.2) is 28.8 Å². The fourth-order valence-electron chi connectivity index (χ4n) is 2.05. The summed E-state index contributed by atoms with van der Waals surface area (Å²) in [7, 11) is 0. The van der Waals surface area contributed by atoms with Crippen LogP contribution in [0.5, 0.6) is 0 Å². The quantitative estimate of drug-likeness (QED) is 0.707. The molecule has 1 aliphatic carbocycles. The van der Waals surface area contributed by atoms with Crippen molar-refractivity contribution in [3.63, 3.8) is 0 Å². The Morgan fingerprint density at radius 2 is 2.33 bits per heavy atom. The van der Waals surface area contributed by atoms with E-state index in [2.05, 4.69) is 11.1 Å². The first-order chi connectivity index (χ1) is 7.34. The van der Waals surface area contributed by atoms with Gasteiger partial charge in [-0.15, -0.1) is 0 Å². The number of aromatic nitrogens is 1. The molecule has 0 radical (unpaired) electrons. The van der Waals surface area contributed by atoms with Gasteiger partial charge in [0.1, 0.15) is 16.7 Å². The average Bonchev–Trinajstić information content (AvgIpc) is 2.60. The Labute approximate surface area is 87.3 Å². The van der Waals surface area contributed by atoms with E-state index in [1.54, 1.807) is 6.20 Å². The predicted molar refractivity (Wildman–Crippen MR) is 55.2 cm³/mol. The number of nitriles is 1. The van der Waals surface area contributed by atoms with Crippen molar-refractivity contribution in [3.8, 4) is 6.07 Å². The van der Waals surface area contributed by atoms with E-state index in [4.69, 9.17) is 4.42 Å². The summed E-state index contributed by atoms with van der Waals surface area (Å²) in [6.45, 7) is 0. The molecule has 1 fully saturated rings. The number of furan rings is 1. The minimum atomic E-state index is -0.374. The molecular weight excluding hydrogens is 188 g/mol. The highest BCUT2D eigenvalue weighted by molar-refractivity contribution is 5.73. The summed E-state index contributed by atoms with van der Waals surface area (Å²) in [5.41, 5.74) is 1.24. The molecule has 0 unspecified atom stereocenters. The molecule has 1 aliphatic rings. The van der Waals surface area contributed by atoms with Crippen LogP contribution < -0.4 is 0 Å². The van der Waals surface area contributed by atoms with Crippen molar-refractivity contribution in [2.75, 3.05) is 0 Å². The summed E-state index contributed by atoms with van der Waals surface area (Å²) < 4.78 is 5.68. The van der Waals surface area contributed by atoms with Crippen LogP contribution in [0.2, 0.25) is 0 Å². The van der Waals surface area contributed by atoms with E-state index in [1.165, 1.54) is 0 Å². The molecule has 74 valence electrons. The molecule has 3 nitrogen and oxygen atoms in total. The van der Waals surface area contributed by atoms with Crippen LogP contribution in [-0.4, -0.2) is 4.98 Å². The molecule has 15 heavy (non-hydrogen) atoms. The van der Waals surface area contributed by atoms with Gasteiger partial charge in [0.15, 0.2) is 5.58 Å². The summed E-state index contributed by atoms with van der Waals surface area (Å²) in [6, 6.07) is 8.00. The fourth-order valence-corrected chi connectivity index (χ4v) is 2.05. The van der Waals surface area contributed by atoms with Gasteiger partial charge in [-0.25, -0.2) is 0 Å². The van der Waals surface area contributed by atoms with Crippen molar-refractivity contribution >= 4 is 11.1 Å². The third kappa shape index (κ3) is 1.08. The second kappa shape index (κ2) is 2.83. The molecule has 0 saturated heterocycles. The number of hydrogen-bond donors (Lipinski definition) is 0. The summed E-state index contributed by atoms with van der Waals surface area (Å²) in [4.78, 5) is 4.20. The Morgan fingerprint density at radius 3 is 2.93 bits per heavy atom. The zero-order chi connectivity index (χ0) is 10.3. The average molecular weight is 198 g/mol. The Hall–Kier alpha value is -1.82. The lowest BCUT2D eigenvalue weighted by Gasteiger charge is -2.32. The molecule has 2 heterocycles. The van der Waals surface area contributed by atoms with Gasteiger partial charge >= 0.3 is 0 Å². The van der Waals surface area contributed by atoms with Crippen molar-refractivity contribution < 1.29 is 4.42 Å². The maximum absolute atomic E-state index is 9.18. The van der Waals surface area contributed by atoms with Gasteiger partial charge in [0.25, 0.3) is 0 Å². The van der Waals surface area contributed by atoms with Crippen LogP contribution in [-0.2, 0) is 5.41 Å². The summed E-state index contributed by atoms with van der Waals surface area (Å²) in [6.07, 6.45) is 4.66. The second-order valence-electron chi connectivity index (χ2n) is 4.04. The largest absolute Gasteiger partial charge is 0.458 e. The summed E-state index contributed by atoms with van der Waals surface area (Å²) in [5.74, 6) is 0.782. The molecule has 0 aromatic carbocycles. The lowest BCUT2D eigenvalue weighted by Crippen LogP contribution is -2.31. The van der Waals surface area contributed by atoms with Crippen LogP contribution in [0.25, 0.3) is 11.1 Å². The highest BCUT2D eigenvalue weighted by Crippen LogP contribution is 2.44. The molecule has 0 N–H and O–H groups in total. The Bertz CT molecular complexity index is 513. The van der Waals surface area contributed by atoms with Gasteiger partial charge < -0.3 is 4.42 Å². The van der Waals surface area contributed by atoms with Crippen LogP contribution in [0.4, 0.5) is 0 Å². The first kappa shape index (κ1) is 8.49. The lowest BCUT2D eigenvalue weighted by atomic mass is 9.68. The minimum absolute atomic E-state index is 0.374. The molecule has 0 spiro atoms. The van der Waals surface area contributed by atoms with Crippen LogP contribution in [0.3, 0.4) is 0 Å². The van der Waals surface area contributed by atoms with Crippen molar-refractivity contribution in [2.24, 2.45) is 0 Å². The highest BCUT2D eigenvalue weighted by Gasteiger charge is 2.42. The normalized spacial score (nSPS) is 18.3. The SMILES string of the molecule is N#CC1(c2cc3ncccc3o2)CCC1. The van der Waals surface area contributed by atoms with E-state index in [0.717, 1.165) is 36.1 Å². The zero-order valence-electron chi connectivity index (χ0n) is 8.23. The number of rotatable bonds is 1. The molecule has 2 aromatic heterocycles. The fraction of sp³-hybridized carbons (Fsp3) is 0.333. The van der Waals surface area contributed by atoms with Gasteiger partial charge in [0.05, 0.1) is 6.07 Å². The number of hydrogen-bond acceptors (Lipinski definition) is 3. The Morgan fingerprint density at radius 1 is 1.47 bits per heavy atom. The third-order valence-electron chi connectivity index (χ3n) is 3.18. The maximum Gasteiger partial charge on any atom is 0.152 e. The van der Waals surface area contributed by atoms with Gasteiger partial charge in [-0.1, -0.05) is 0 Å². The van der Waals surface area contributed by atoms with E-state index in [-0.39, 0.29) is 5.41 Å². The summed E-state index contributed by atoms with van der Waals surface area (Å²) >= 11 is 0. The standard InChI is InChI=1S/C12H10N2O/c13-8-12(4-2-5-12)11-7-9-10(15-11)3-1-6-14-9/h1,3,6-7H,2,4-5H2. The molecule has 0 bridgehead atoms. The van der Waals surface area contributed by atoms with Crippen molar-refractivity contribution in [3.05, 3.63) is 30.2 Å². The van der Waals surface area contributed by atoms with Gasteiger partial charge in [-0.05, 0) is 31.4 Å². The first-order valence-corrected chi connectivity index (χ1v) is 5.10. The van der Waals surface area contributed by atoms with Crippen LogP contribution >= 0.6 is 0 Å². The van der Waals surface area contributed by atoms with Crippen LogP contribution in [0, 0.1) is 11.3 Å². The van der Waals surface area contributed by atoms with Crippen molar-refractivity contribution in [1.29, 1.82) is 5.26 Å². The minimum Gasteiger partial charge on any atom is -0.458 e. The molecule has 0 atom stereocenters. The first-order valence-electron chi connectivity index (χ1n) is 5.10. The molecule has 3 heteroatoms. The molecule has 1 saturated carbocycles. The third-order valence-corrected chi connectivity index (χ3v) is 3.18. The van der Waals surface area contributed by atoms with Crippen molar-refractivity contribution in [1.82, 2.24) is 4.98 Å². The number of pyridine rings is 1. The second-order valence-corrected chi connectivity index (χ2v) is 4.04. The molecule has 0 amide bonds. The monoisotopic (exact) mass is 198 g/mol. The predicted octanol–water partition coefficient (Wildman–Crippen LogP) is 2.77. The van der Waals surface area contributed by atoms with Gasteiger partial charge in [-0.3, -0.25) is 4.98 Å². The summed E-state index contributed by atoms with van der Waals surface area (Å²) in [5, 5.41) is 9.18. The highest BCUT2D eigenvalue weighted by atomic mass is 16.3. The van der Waals surface area contributed by atoms with Gasteiger partial charge in [0, 0.05) is 12.3 Å². The van der Waals surface area contributed by atoms with E-state index in [9.17, 15) is 5.26 Å². The molecule has 0 aliphatic heterocycles. The molecular formula is C12H10N2O. The molecule has 2 aromatic rings. The lowest BCUT2D eigenvalue weighted by molar-refractivity contribution is 0.274. The smallest absolute Gasteiger partial charge is 0.152 e.